The Morgan fingerprint density at radius 1 is 0.549 bits per heavy atom. The Balaban J connectivity index is 1.19. The van der Waals surface area contributed by atoms with Crippen molar-refractivity contribution in [1.29, 1.82) is 0 Å². The lowest BCUT2D eigenvalue weighted by molar-refractivity contribution is -0.545. The van der Waals surface area contributed by atoms with Gasteiger partial charge >= 0.3 is 0 Å². The van der Waals surface area contributed by atoms with E-state index in [1.165, 1.54) is 64.4 Å². The normalized spacial score (nSPS) is 17.8. The van der Waals surface area contributed by atoms with E-state index in [1.807, 2.05) is 23.1 Å². The van der Waals surface area contributed by atoms with Gasteiger partial charge in [0.25, 0.3) is 0 Å². The molecule has 4 nitrogen and oxygen atoms in total. The summed E-state index contributed by atoms with van der Waals surface area (Å²) < 4.78 is 14.0. The van der Waals surface area contributed by atoms with Crippen molar-refractivity contribution in [2.24, 2.45) is 0 Å². The van der Waals surface area contributed by atoms with Crippen molar-refractivity contribution in [1.82, 2.24) is 0 Å². The quantitative estimate of drug-likeness (QED) is 0.119. The van der Waals surface area contributed by atoms with Gasteiger partial charge in [0.1, 0.15) is 18.2 Å². The molecule has 0 aliphatic carbocycles. The molecule has 0 bridgehead atoms. The summed E-state index contributed by atoms with van der Waals surface area (Å²) in [5, 5.41) is 2.63. The molecule has 6 heteroatoms. The van der Waals surface area contributed by atoms with E-state index in [-0.39, 0.29) is 0 Å². The van der Waals surface area contributed by atoms with Crippen molar-refractivity contribution in [3.8, 4) is 22.3 Å². The highest BCUT2D eigenvalue weighted by molar-refractivity contribution is 8.19. The summed E-state index contributed by atoms with van der Waals surface area (Å²) in [6.07, 6.45) is 11.1. The average molecular weight is 706 g/mol. The van der Waals surface area contributed by atoms with E-state index in [9.17, 15) is 0 Å². The lowest BCUT2D eigenvalue weighted by Gasteiger charge is -2.29. The molecule has 2 saturated heterocycles. The monoisotopic (exact) mass is 705 g/mol. The first-order valence-corrected chi connectivity index (χ1v) is 19.4. The Hall–Kier alpha value is -4.72. The molecule has 5 aromatic rings. The van der Waals surface area contributed by atoms with E-state index in [1.54, 1.807) is 0 Å². The first-order chi connectivity index (χ1) is 25.3. The van der Waals surface area contributed by atoms with Crippen LogP contribution >= 0.6 is 23.1 Å². The second-order valence-corrected chi connectivity index (χ2v) is 14.7. The largest absolute Gasteiger partial charge is 0.378 e. The van der Waals surface area contributed by atoms with Crippen LogP contribution in [0.4, 0.5) is 5.00 Å². The fraction of sp³-hybridized carbons (Fsp3) is 0.178. The molecule has 0 atom stereocenters. The molecule has 0 N–H and O–H groups in total. The predicted molar refractivity (Wildman–Crippen MR) is 218 cm³/mol. The zero-order valence-electron chi connectivity index (χ0n) is 28.6. The summed E-state index contributed by atoms with van der Waals surface area (Å²) in [6, 6.07) is 43.4. The molecule has 1 aromatic heterocycles. The molecule has 0 amide bonds. The number of hydrogen-bond acceptors (Lipinski definition) is 5. The van der Waals surface area contributed by atoms with E-state index in [4.69, 9.17) is 9.47 Å². The summed E-state index contributed by atoms with van der Waals surface area (Å²) >= 11 is 3.76. The number of hydrogen-bond donors (Lipinski definition) is 0. The number of morpholine rings is 2. The zero-order valence-corrected chi connectivity index (χ0v) is 30.3. The van der Waals surface area contributed by atoms with Gasteiger partial charge in [0, 0.05) is 39.6 Å². The minimum absolute atomic E-state index is 0.753. The van der Waals surface area contributed by atoms with Crippen LogP contribution in [-0.4, -0.2) is 62.2 Å². The van der Waals surface area contributed by atoms with Crippen molar-refractivity contribution in [3.05, 3.63) is 167 Å². The number of thiophene rings is 1. The molecule has 4 heterocycles. The van der Waals surface area contributed by atoms with Crippen LogP contribution in [-0.2, 0) is 9.47 Å². The maximum atomic E-state index is 5.75. The highest BCUT2D eigenvalue weighted by Gasteiger charge is 2.36. The molecule has 3 aliphatic rings. The lowest BCUT2D eigenvalue weighted by atomic mass is 9.94. The average Bonchev–Trinajstić information content (AvgIpc) is 3.79. The topological polar surface area (TPSA) is 24.7 Å². The highest BCUT2D eigenvalue weighted by Crippen LogP contribution is 2.50. The highest BCUT2D eigenvalue weighted by atomic mass is 32.2. The summed E-state index contributed by atoms with van der Waals surface area (Å²) in [5.74, 6) is 0. The summed E-state index contributed by atoms with van der Waals surface area (Å²) in [7, 11) is 0. The summed E-state index contributed by atoms with van der Waals surface area (Å²) in [6.45, 7) is 6.60. The number of anilines is 1. The van der Waals surface area contributed by atoms with Gasteiger partial charge in [-0.25, -0.2) is 4.58 Å². The lowest BCUT2D eigenvalue weighted by Crippen LogP contribution is -2.35. The number of benzene rings is 4. The molecule has 2 fully saturated rings. The maximum Gasteiger partial charge on any atom is 0.248 e. The molecule has 51 heavy (non-hydrogen) atoms. The Morgan fingerprint density at radius 2 is 1.08 bits per heavy atom. The van der Waals surface area contributed by atoms with Crippen molar-refractivity contribution in [3.63, 3.8) is 0 Å². The molecule has 4 aromatic carbocycles. The maximum absolute atomic E-state index is 5.75. The van der Waals surface area contributed by atoms with Gasteiger partial charge in [-0.1, -0.05) is 140 Å². The Labute approximate surface area is 309 Å². The fourth-order valence-electron chi connectivity index (χ4n) is 6.96. The predicted octanol–water partition coefficient (Wildman–Crippen LogP) is 10.2. The van der Waals surface area contributed by atoms with Crippen LogP contribution in [0.25, 0.3) is 39.5 Å². The van der Waals surface area contributed by atoms with Crippen molar-refractivity contribution < 1.29 is 14.0 Å². The van der Waals surface area contributed by atoms with Gasteiger partial charge in [0.15, 0.2) is 13.1 Å². The van der Waals surface area contributed by atoms with Crippen molar-refractivity contribution >= 4 is 50.4 Å². The molecule has 0 saturated carbocycles. The van der Waals surface area contributed by atoms with E-state index in [2.05, 4.69) is 161 Å². The summed E-state index contributed by atoms with van der Waals surface area (Å²) in [5.41, 5.74) is 10.1. The fourth-order valence-corrected chi connectivity index (χ4v) is 9.58. The van der Waals surface area contributed by atoms with Gasteiger partial charge in [-0.3, -0.25) is 0 Å². The van der Waals surface area contributed by atoms with Crippen LogP contribution in [0, 0.1) is 0 Å². The van der Waals surface area contributed by atoms with Crippen LogP contribution in [0.15, 0.2) is 151 Å². The van der Waals surface area contributed by atoms with Gasteiger partial charge in [-0.05, 0) is 46.2 Å². The molecule has 0 unspecified atom stereocenters. The molecule has 0 radical (unpaired) electrons. The first kappa shape index (κ1) is 33.4. The third-order valence-electron chi connectivity index (χ3n) is 9.40. The molecular weight excluding hydrogens is 665 g/mol. The van der Waals surface area contributed by atoms with E-state index in [0.29, 0.717) is 0 Å². The molecule has 3 aliphatic heterocycles. The third kappa shape index (κ3) is 7.37. The van der Waals surface area contributed by atoms with Gasteiger partial charge < -0.3 is 14.4 Å². The number of allylic oxidation sites excluding steroid dienone is 5. The Bertz CT molecular complexity index is 2100. The van der Waals surface area contributed by atoms with E-state index < -0.39 is 0 Å². The van der Waals surface area contributed by atoms with Gasteiger partial charge in [-0.15, -0.1) is 11.3 Å². The van der Waals surface area contributed by atoms with Crippen molar-refractivity contribution in [2.75, 3.05) is 57.5 Å². The third-order valence-corrected chi connectivity index (χ3v) is 11.8. The van der Waals surface area contributed by atoms with E-state index >= 15 is 0 Å². The summed E-state index contributed by atoms with van der Waals surface area (Å²) in [4.78, 5) is 5.02. The number of rotatable bonds is 8. The SMILES string of the molecule is C(=C\C=C1\SC(=[N+]2CCOCC2)C(c2ccccc2)=C1c1ccccc1)/C=C/c1sc(N2CCOCC2)c(-c2ccccc2)c1-c1ccccc1. The van der Waals surface area contributed by atoms with Gasteiger partial charge in [0.05, 0.1) is 18.8 Å². The van der Waals surface area contributed by atoms with Crippen molar-refractivity contribution in [2.45, 2.75) is 0 Å². The molecule has 8 rings (SSSR count). The van der Waals surface area contributed by atoms with Crippen LogP contribution in [0.3, 0.4) is 0 Å². The smallest absolute Gasteiger partial charge is 0.248 e. The second-order valence-electron chi connectivity index (χ2n) is 12.6. The number of ether oxygens (including phenoxy) is 2. The van der Waals surface area contributed by atoms with Gasteiger partial charge in [0.2, 0.25) is 5.04 Å². The van der Waals surface area contributed by atoms with Gasteiger partial charge in [-0.2, -0.15) is 0 Å². The second kappa shape index (κ2) is 16.1. The number of thioether (sulfide) groups is 1. The zero-order chi connectivity index (χ0) is 34.2. The minimum atomic E-state index is 0.753. The molecular formula is C45H41N2O2S2+. The Morgan fingerprint density at radius 3 is 1.69 bits per heavy atom. The molecule has 254 valence electrons. The minimum Gasteiger partial charge on any atom is -0.378 e. The first-order valence-electron chi connectivity index (χ1n) is 17.7. The van der Waals surface area contributed by atoms with Crippen LogP contribution in [0.1, 0.15) is 16.0 Å². The van der Waals surface area contributed by atoms with Crippen LogP contribution in [0.2, 0.25) is 0 Å². The van der Waals surface area contributed by atoms with Crippen LogP contribution in [0.5, 0.6) is 0 Å². The standard InChI is InChI=1S/C45H41N2O2S2/c1-6-16-34(17-7-1)40-38(50-44(46-26-30-48-31-27-46)42(40)36-20-10-3-11-21-36)24-14-5-15-25-39-41(35-18-8-2-9-19-35)43(37-22-12-4-13-23-37)45(51-39)47-28-32-49-33-29-47/h1-25H,26-33H2/q+1. The Kier molecular flexibility index (Phi) is 10.5. The van der Waals surface area contributed by atoms with E-state index in [0.717, 1.165) is 52.6 Å². The van der Waals surface area contributed by atoms with Crippen LogP contribution < -0.4 is 4.90 Å². The number of nitrogens with zero attached hydrogens (tertiary/aromatic N) is 2. The molecule has 0 spiro atoms.